The Hall–Kier alpha value is -1.70. The second-order valence-electron chi connectivity index (χ2n) is 6.60. The van der Waals surface area contributed by atoms with E-state index in [1.54, 1.807) is 18.2 Å². The minimum absolute atomic E-state index is 0.00601. The number of carbonyl (C=O) groups is 1. The van der Waals surface area contributed by atoms with Crippen molar-refractivity contribution in [2.24, 2.45) is 10.6 Å². The SMILES string of the molecule is CC(C)(C)CC(CO)NC(=O)C=Cc1ccc(S(N)(=O)=O)cc1. The molecule has 7 heteroatoms. The molecule has 128 valence electrons. The van der Waals surface area contributed by atoms with Gasteiger partial charge in [-0.1, -0.05) is 32.9 Å². The molecule has 6 nitrogen and oxygen atoms in total. The molecule has 1 rings (SSSR count). The monoisotopic (exact) mass is 340 g/mol. The maximum atomic E-state index is 11.9. The zero-order valence-electron chi connectivity index (χ0n) is 13.6. The summed E-state index contributed by atoms with van der Waals surface area (Å²) in [6.07, 6.45) is 3.57. The van der Waals surface area contributed by atoms with Gasteiger partial charge in [-0.2, -0.15) is 0 Å². The van der Waals surface area contributed by atoms with E-state index in [2.05, 4.69) is 5.32 Å². The summed E-state index contributed by atoms with van der Waals surface area (Å²) in [6.45, 7) is 5.97. The Labute approximate surface area is 137 Å². The van der Waals surface area contributed by atoms with E-state index in [-0.39, 0.29) is 28.9 Å². The third kappa shape index (κ3) is 7.40. The minimum Gasteiger partial charge on any atom is -0.394 e. The van der Waals surface area contributed by atoms with Crippen LogP contribution in [0.15, 0.2) is 35.2 Å². The zero-order valence-corrected chi connectivity index (χ0v) is 14.4. The number of aliphatic hydroxyl groups is 1. The molecule has 1 aromatic carbocycles. The molecule has 0 fully saturated rings. The number of carbonyl (C=O) groups excluding carboxylic acids is 1. The molecular formula is C16H24N2O4S. The number of amides is 1. The van der Waals surface area contributed by atoms with E-state index in [4.69, 9.17) is 5.14 Å². The first-order valence-corrected chi connectivity index (χ1v) is 8.78. The molecule has 4 N–H and O–H groups in total. The average molecular weight is 340 g/mol. The molecule has 0 aliphatic carbocycles. The number of benzene rings is 1. The third-order valence-electron chi connectivity index (χ3n) is 3.06. The summed E-state index contributed by atoms with van der Waals surface area (Å²) in [6, 6.07) is 5.56. The molecule has 1 amide bonds. The second kappa shape index (κ2) is 7.72. The van der Waals surface area contributed by atoms with Crippen LogP contribution in [-0.2, 0) is 14.8 Å². The van der Waals surface area contributed by atoms with Crippen LogP contribution >= 0.6 is 0 Å². The van der Waals surface area contributed by atoms with E-state index in [1.807, 2.05) is 20.8 Å². The molecule has 0 saturated carbocycles. The summed E-state index contributed by atoms with van der Waals surface area (Å²) in [7, 11) is -3.72. The number of nitrogens with two attached hydrogens (primary N) is 1. The van der Waals surface area contributed by atoms with Gasteiger partial charge in [0, 0.05) is 6.08 Å². The number of rotatable bonds is 6. The smallest absolute Gasteiger partial charge is 0.244 e. The molecule has 0 bridgehead atoms. The van der Waals surface area contributed by atoms with E-state index in [0.717, 1.165) is 0 Å². The van der Waals surface area contributed by atoms with Gasteiger partial charge in [0.25, 0.3) is 0 Å². The molecule has 0 heterocycles. The topological polar surface area (TPSA) is 109 Å². The largest absolute Gasteiger partial charge is 0.394 e. The van der Waals surface area contributed by atoms with Crippen LogP contribution in [0.25, 0.3) is 6.08 Å². The third-order valence-corrected chi connectivity index (χ3v) is 3.99. The predicted octanol–water partition coefficient (Wildman–Crippen LogP) is 1.26. The van der Waals surface area contributed by atoms with Crippen LogP contribution in [0, 0.1) is 5.41 Å². The fraction of sp³-hybridized carbons (Fsp3) is 0.438. The number of sulfonamides is 1. The quantitative estimate of drug-likeness (QED) is 0.677. The lowest BCUT2D eigenvalue weighted by Gasteiger charge is -2.24. The van der Waals surface area contributed by atoms with E-state index < -0.39 is 10.0 Å². The molecule has 0 spiro atoms. The molecule has 0 aromatic heterocycles. The van der Waals surface area contributed by atoms with Crippen molar-refractivity contribution >= 4 is 22.0 Å². The summed E-state index contributed by atoms with van der Waals surface area (Å²) in [5, 5.41) is 17.1. The van der Waals surface area contributed by atoms with Crippen molar-refractivity contribution in [3.8, 4) is 0 Å². The highest BCUT2D eigenvalue weighted by Crippen LogP contribution is 2.20. The highest BCUT2D eigenvalue weighted by molar-refractivity contribution is 7.89. The van der Waals surface area contributed by atoms with Gasteiger partial charge in [-0.3, -0.25) is 4.79 Å². The Bertz CT molecular complexity index is 658. The van der Waals surface area contributed by atoms with Gasteiger partial charge in [0.05, 0.1) is 17.5 Å². The lowest BCUT2D eigenvalue weighted by molar-refractivity contribution is -0.117. The van der Waals surface area contributed by atoms with Crippen molar-refractivity contribution in [3.63, 3.8) is 0 Å². The molecule has 0 saturated heterocycles. The van der Waals surface area contributed by atoms with Crippen LogP contribution < -0.4 is 10.5 Å². The fourth-order valence-corrected chi connectivity index (χ4v) is 2.61. The van der Waals surface area contributed by atoms with Crippen LogP contribution in [0.5, 0.6) is 0 Å². The Balaban J connectivity index is 2.68. The van der Waals surface area contributed by atoms with Gasteiger partial charge in [0.15, 0.2) is 0 Å². The van der Waals surface area contributed by atoms with E-state index in [1.165, 1.54) is 18.2 Å². The maximum absolute atomic E-state index is 11.9. The van der Waals surface area contributed by atoms with Crippen molar-refractivity contribution in [1.29, 1.82) is 0 Å². The van der Waals surface area contributed by atoms with Gasteiger partial charge in [-0.05, 0) is 35.6 Å². The van der Waals surface area contributed by atoms with Crippen LogP contribution in [0.2, 0.25) is 0 Å². The lowest BCUT2D eigenvalue weighted by atomic mass is 9.88. The van der Waals surface area contributed by atoms with Gasteiger partial charge in [0.1, 0.15) is 0 Å². The van der Waals surface area contributed by atoms with Crippen molar-refractivity contribution in [2.45, 2.75) is 38.1 Å². The highest BCUT2D eigenvalue weighted by Gasteiger charge is 2.18. The molecule has 1 unspecified atom stereocenters. The van der Waals surface area contributed by atoms with Gasteiger partial charge < -0.3 is 10.4 Å². The minimum atomic E-state index is -3.72. The predicted molar refractivity (Wildman–Crippen MR) is 89.9 cm³/mol. The molecule has 0 aliphatic rings. The molecule has 1 aromatic rings. The fourth-order valence-electron chi connectivity index (χ4n) is 2.09. The lowest BCUT2D eigenvalue weighted by Crippen LogP contribution is -2.39. The number of aliphatic hydroxyl groups excluding tert-OH is 1. The maximum Gasteiger partial charge on any atom is 0.244 e. The summed E-state index contributed by atoms with van der Waals surface area (Å²) in [5.41, 5.74) is 0.664. The Morgan fingerprint density at radius 3 is 2.30 bits per heavy atom. The number of hydrogen-bond acceptors (Lipinski definition) is 4. The van der Waals surface area contributed by atoms with Crippen molar-refractivity contribution in [3.05, 3.63) is 35.9 Å². The molecule has 0 radical (unpaired) electrons. The van der Waals surface area contributed by atoms with Crippen LogP contribution in [0.3, 0.4) is 0 Å². The summed E-state index contributed by atoms with van der Waals surface area (Å²) >= 11 is 0. The number of hydrogen-bond donors (Lipinski definition) is 3. The Morgan fingerprint density at radius 1 is 1.30 bits per heavy atom. The zero-order chi connectivity index (χ0) is 17.7. The normalized spacial score (nSPS) is 14.0. The van der Waals surface area contributed by atoms with Gasteiger partial charge in [-0.25, -0.2) is 13.6 Å². The second-order valence-corrected chi connectivity index (χ2v) is 8.16. The van der Waals surface area contributed by atoms with Crippen LogP contribution in [0.4, 0.5) is 0 Å². The Kier molecular flexibility index (Phi) is 6.49. The van der Waals surface area contributed by atoms with Gasteiger partial charge in [-0.15, -0.1) is 0 Å². The standard InChI is InChI=1S/C16H24N2O4S/c1-16(2,3)10-13(11-19)18-15(20)9-6-12-4-7-14(8-5-12)23(17,21)22/h4-9,13,19H,10-11H2,1-3H3,(H,18,20)(H2,17,21,22). The van der Waals surface area contributed by atoms with Crippen molar-refractivity contribution < 1.29 is 18.3 Å². The average Bonchev–Trinajstić information content (AvgIpc) is 2.42. The Morgan fingerprint density at radius 2 is 1.87 bits per heavy atom. The molecule has 0 aliphatic heterocycles. The van der Waals surface area contributed by atoms with Crippen molar-refractivity contribution in [2.75, 3.05) is 6.61 Å². The first-order valence-electron chi connectivity index (χ1n) is 7.23. The first kappa shape index (κ1) is 19.3. The number of primary sulfonamides is 1. The van der Waals surface area contributed by atoms with Crippen LogP contribution in [0.1, 0.15) is 32.8 Å². The summed E-state index contributed by atoms with van der Waals surface area (Å²) in [5.74, 6) is -0.316. The highest BCUT2D eigenvalue weighted by atomic mass is 32.2. The molecular weight excluding hydrogens is 316 g/mol. The number of nitrogens with one attached hydrogen (secondary N) is 1. The summed E-state index contributed by atoms with van der Waals surface area (Å²) in [4.78, 5) is 11.9. The van der Waals surface area contributed by atoms with Crippen LogP contribution in [-0.4, -0.2) is 32.1 Å². The molecule has 1 atom stereocenters. The molecule has 23 heavy (non-hydrogen) atoms. The van der Waals surface area contributed by atoms with Crippen molar-refractivity contribution in [1.82, 2.24) is 5.32 Å². The summed E-state index contributed by atoms with van der Waals surface area (Å²) < 4.78 is 22.3. The van der Waals surface area contributed by atoms with E-state index in [9.17, 15) is 18.3 Å². The van der Waals surface area contributed by atoms with E-state index in [0.29, 0.717) is 12.0 Å². The van der Waals surface area contributed by atoms with E-state index >= 15 is 0 Å². The first-order chi connectivity index (χ1) is 10.5. The van der Waals surface area contributed by atoms with Gasteiger partial charge >= 0.3 is 0 Å². The van der Waals surface area contributed by atoms with Gasteiger partial charge in [0.2, 0.25) is 15.9 Å².